The fourth-order valence-corrected chi connectivity index (χ4v) is 1.75. The van der Waals surface area contributed by atoms with Crippen LogP contribution in [0.2, 0.25) is 10.0 Å². The summed E-state index contributed by atoms with van der Waals surface area (Å²) in [6, 6.07) is 3.55. The molecule has 1 aromatic rings. The van der Waals surface area contributed by atoms with Gasteiger partial charge < -0.3 is 10.5 Å². The van der Waals surface area contributed by atoms with Crippen molar-refractivity contribution in [2.24, 2.45) is 5.73 Å². The highest BCUT2D eigenvalue weighted by atomic mass is 35.5. The summed E-state index contributed by atoms with van der Waals surface area (Å²) in [6.45, 7) is 1.89. The van der Waals surface area contributed by atoms with Crippen LogP contribution in [0.4, 0.5) is 0 Å². The molecule has 0 aliphatic rings. The van der Waals surface area contributed by atoms with Crippen molar-refractivity contribution in [1.82, 2.24) is 0 Å². The van der Waals surface area contributed by atoms with E-state index in [9.17, 15) is 9.59 Å². The van der Waals surface area contributed by atoms with Gasteiger partial charge in [-0.3, -0.25) is 9.59 Å². The standard InChI is InChI=1S/C12H13Cl2NO3/c1-2-18-12(17)10(15)6-11(16)8-5-7(13)3-4-9(8)14/h3-5,10H,2,6,15H2,1H3. The van der Waals surface area contributed by atoms with Gasteiger partial charge in [-0.15, -0.1) is 0 Å². The van der Waals surface area contributed by atoms with Crippen LogP contribution in [0, 0.1) is 0 Å². The normalized spacial score (nSPS) is 12.0. The highest BCUT2D eigenvalue weighted by Crippen LogP contribution is 2.22. The van der Waals surface area contributed by atoms with E-state index in [1.807, 2.05) is 0 Å². The lowest BCUT2D eigenvalue weighted by atomic mass is 10.0. The molecule has 1 atom stereocenters. The summed E-state index contributed by atoms with van der Waals surface area (Å²) in [5.74, 6) is -0.952. The van der Waals surface area contributed by atoms with E-state index in [0.717, 1.165) is 0 Å². The number of Topliss-reactive ketones (excluding diaryl/α,β-unsaturated/α-hetero) is 1. The molecule has 0 saturated carbocycles. The number of rotatable bonds is 5. The number of ketones is 1. The fourth-order valence-electron chi connectivity index (χ4n) is 1.35. The van der Waals surface area contributed by atoms with Crippen LogP contribution in [0.1, 0.15) is 23.7 Å². The fraction of sp³-hybridized carbons (Fsp3) is 0.333. The monoisotopic (exact) mass is 289 g/mol. The first-order chi connectivity index (χ1) is 8.45. The highest BCUT2D eigenvalue weighted by Gasteiger charge is 2.21. The van der Waals surface area contributed by atoms with Crippen LogP contribution in [-0.4, -0.2) is 24.4 Å². The Hall–Kier alpha value is -1.10. The Bertz CT molecular complexity index is 463. The molecule has 18 heavy (non-hydrogen) atoms. The molecule has 0 spiro atoms. The van der Waals surface area contributed by atoms with E-state index >= 15 is 0 Å². The number of benzene rings is 1. The highest BCUT2D eigenvalue weighted by molar-refractivity contribution is 6.35. The van der Waals surface area contributed by atoms with E-state index < -0.39 is 12.0 Å². The molecule has 0 heterocycles. The number of esters is 1. The number of hydrogen-bond acceptors (Lipinski definition) is 4. The van der Waals surface area contributed by atoms with Crippen LogP contribution < -0.4 is 5.73 Å². The number of halogens is 2. The number of nitrogens with two attached hydrogens (primary N) is 1. The smallest absolute Gasteiger partial charge is 0.323 e. The topological polar surface area (TPSA) is 69.4 Å². The molecule has 0 bridgehead atoms. The Balaban J connectivity index is 2.76. The van der Waals surface area contributed by atoms with Gasteiger partial charge in [-0.05, 0) is 25.1 Å². The van der Waals surface area contributed by atoms with Crippen molar-refractivity contribution in [1.29, 1.82) is 0 Å². The van der Waals surface area contributed by atoms with Crippen LogP contribution >= 0.6 is 23.2 Å². The van der Waals surface area contributed by atoms with E-state index in [1.54, 1.807) is 13.0 Å². The number of hydrogen-bond donors (Lipinski definition) is 1. The summed E-state index contributed by atoms with van der Waals surface area (Å²) in [6.07, 6.45) is -0.168. The Morgan fingerprint density at radius 2 is 2.06 bits per heavy atom. The predicted octanol–water partition coefficient (Wildman–Crippen LogP) is 2.46. The van der Waals surface area contributed by atoms with Gasteiger partial charge in [-0.1, -0.05) is 23.2 Å². The second-order valence-electron chi connectivity index (χ2n) is 3.61. The largest absolute Gasteiger partial charge is 0.465 e. The first-order valence-electron chi connectivity index (χ1n) is 5.36. The molecular weight excluding hydrogens is 277 g/mol. The number of carbonyl (C=O) groups is 2. The van der Waals surface area contributed by atoms with Crippen molar-refractivity contribution in [2.45, 2.75) is 19.4 Å². The molecule has 0 radical (unpaired) electrons. The van der Waals surface area contributed by atoms with Crippen molar-refractivity contribution in [3.8, 4) is 0 Å². The van der Waals surface area contributed by atoms with E-state index in [1.165, 1.54) is 12.1 Å². The maximum absolute atomic E-state index is 11.9. The molecule has 1 unspecified atom stereocenters. The molecule has 0 aromatic heterocycles. The molecule has 1 rings (SSSR count). The van der Waals surface area contributed by atoms with E-state index in [-0.39, 0.29) is 29.4 Å². The van der Waals surface area contributed by atoms with Gasteiger partial charge in [-0.2, -0.15) is 0 Å². The average Bonchev–Trinajstić information content (AvgIpc) is 2.32. The van der Waals surface area contributed by atoms with Crippen LogP contribution in [0.5, 0.6) is 0 Å². The lowest BCUT2D eigenvalue weighted by Crippen LogP contribution is -2.34. The van der Waals surface area contributed by atoms with Crippen LogP contribution in [0.25, 0.3) is 0 Å². The molecular formula is C12H13Cl2NO3. The van der Waals surface area contributed by atoms with Gasteiger partial charge in [0.25, 0.3) is 0 Å². The van der Waals surface area contributed by atoms with Crippen LogP contribution in [0.3, 0.4) is 0 Å². The Kier molecular flexibility index (Phi) is 5.59. The predicted molar refractivity (Wildman–Crippen MR) is 70.0 cm³/mol. The van der Waals surface area contributed by atoms with Gasteiger partial charge in [0.1, 0.15) is 6.04 Å². The maximum atomic E-state index is 11.9. The summed E-state index contributed by atoms with van der Waals surface area (Å²) >= 11 is 11.7. The third-order valence-corrected chi connectivity index (χ3v) is 2.79. The molecule has 0 amide bonds. The Morgan fingerprint density at radius 1 is 1.39 bits per heavy atom. The summed E-state index contributed by atoms with van der Waals surface area (Å²) < 4.78 is 4.72. The van der Waals surface area contributed by atoms with Gasteiger partial charge in [0, 0.05) is 17.0 Å². The molecule has 0 aliphatic carbocycles. The quantitative estimate of drug-likeness (QED) is 0.668. The second-order valence-corrected chi connectivity index (χ2v) is 4.45. The molecule has 0 aliphatic heterocycles. The first kappa shape index (κ1) is 15.0. The second kappa shape index (κ2) is 6.73. The summed E-state index contributed by atoms with van der Waals surface area (Å²) in [5, 5.41) is 0.674. The third-order valence-electron chi connectivity index (χ3n) is 2.22. The molecule has 6 heteroatoms. The average molecular weight is 290 g/mol. The summed E-state index contributed by atoms with van der Waals surface area (Å²) in [5.41, 5.74) is 5.81. The zero-order valence-electron chi connectivity index (χ0n) is 9.78. The maximum Gasteiger partial charge on any atom is 0.323 e. The molecule has 98 valence electrons. The molecule has 2 N–H and O–H groups in total. The minimum Gasteiger partial charge on any atom is -0.465 e. The van der Waals surface area contributed by atoms with Gasteiger partial charge in [0.15, 0.2) is 5.78 Å². The van der Waals surface area contributed by atoms with Gasteiger partial charge in [0.05, 0.1) is 11.6 Å². The lowest BCUT2D eigenvalue weighted by Gasteiger charge is -2.10. The van der Waals surface area contributed by atoms with Crippen molar-refractivity contribution < 1.29 is 14.3 Å². The molecule has 1 aromatic carbocycles. The minimum absolute atomic E-state index is 0.168. The van der Waals surface area contributed by atoms with Crippen molar-refractivity contribution in [2.75, 3.05) is 6.61 Å². The zero-order valence-corrected chi connectivity index (χ0v) is 11.3. The third kappa shape index (κ3) is 3.98. The van der Waals surface area contributed by atoms with E-state index in [4.69, 9.17) is 33.7 Å². The van der Waals surface area contributed by atoms with Crippen LogP contribution in [0.15, 0.2) is 18.2 Å². The summed E-state index contributed by atoms with van der Waals surface area (Å²) in [7, 11) is 0. The molecule has 4 nitrogen and oxygen atoms in total. The number of ether oxygens (including phenoxy) is 1. The van der Waals surface area contributed by atoms with E-state index in [2.05, 4.69) is 0 Å². The SMILES string of the molecule is CCOC(=O)C(N)CC(=O)c1cc(Cl)ccc1Cl. The zero-order chi connectivity index (χ0) is 13.7. The first-order valence-corrected chi connectivity index (χ1v) is 6.11. The number of carbonyl (C=O) groups excluding carboxylic acids is 2. The summed E-state index contributed by atoms with van der Waals surface area (Å²) in [4.78, 5) is 23.2. The Labute approximate surface area is 115 Å². The van der Waals surface area contributed by atoms with Crippen molar-refractivity contribution in [3.63, 3.8) is 0 Å². The minimum atomic E-state index is -0.993. The van der Waals surface area contributed by atoms with Gasteiger partial charge >= 0.3 is 5.97 Å². The van der Waals surface area contributed by atoms with Gasteiger partial charge in [-0.25, -0.2) is 0 Å². The van der Waals surface area contributed by atoms with Crippen LogP contribution in [-0.2, 0) is 9.53 Å². The lowest BCUT2D eigenvalue weighted by molar-refractivity contribution is -0.144. The molecule has 0 saturated heterocycles. The molecule has 0 fully saturated rings. The van der Waals surface area contributed by atoms with Gasteiger partial charge in [0.2, 0.25) is 0 Å². The Morgan fingerprint density at radius 3 is 2.67 bits per heavy atom. The van der Waals surface area contributed by atoms with E-state index in [0.29, 0.717) is 5.02 Å². The van der Waals surface area contributed by atoms with Crippen molar-refractivity contribution in [3.05, 3.63) is 33.8 Å². The van der Waals surface area contributed by atoms with Crippen molar-refractivity contribution >= 4 is 35.0 Å².